The molecule has 0 radical (unpaired) electrons. The summed E-state index contributed by atoms with van der Waals surface area (Å²) >= 11 is 0. The third-order valence-corrected chi connectivity index (χ3v) is 4.42. The lowest BCUT2D eigenvalue weighted by atomic mass is 10.2. The highest BCUT2D eigenvalue weighted by atomic mass is 19.4. The van der Waals surface area contributed by atoms with Crippen molar-refractivity contribution >= 4 is 28.9 Å². The topological polar surface area (TPSA) is 61.4 Å². The predicted octanol–water partition coefficient (Wildman–Crippen LogP) is 4.27. The van der Waals surface area contributed by atoms with E-state index in [4.69, 9.17) is 0 Å². The van der Waals surface area contributed by atoms with Crippen molar-refractivity contribution in [2.75, 3.05) is 28.6 Å². The Morgan fingerprint density at radius 1 is 0.893 bits per heavy atom. The second-order valence-corrected chi connectivity index (χ2v) is 6.59. The monoisotopic (exact) mass is 391 g/mol. The lowest BCUT2D eigenvalue weighted by Crippen LogP contribution is -2.22. The van der Waals surface area contributed by atoms with Crippen LogP contribution in [0.15, 0.2) is 48.5 Å². The minimum Gasteiger partial charge on any atom is -0.372 e. The highest BCUT2D eigenvalue weighted by molar-refractivity contribution is 6.08. The van der Waals surface area contributed by atoms with E-state index in [0.717, 1.165) is 30.9 Å². The molecule has 2 amide bonds. The number of nitrogens with zero attached hydrogens (tertiary/aromatic N) is 1. The predicted molar refractivity (Wildman–Crippen MR) is 101 cm³/mol. The molecule has 0 unspecified atom stereocenters. The van der Waals surface area contributed by atoms with E-state index in [1.165, 1.54) is 25.0 Å². The fraction of sp³-hybridized carbons (Fsp3) is 0.300. The summed E-state index contributed by atoms with van der Waals surface area (Å²) in [6, 6.07) is 11.6. The van der Waals surface area contributed by atoms with Gasteiger partial charge >= 0.3 is 6.18 Å². The fourth-order valence-corrected chi connectivity index (χ4v) is 3.06. The zero-order chi connectivity index (χ0) is 20.1. The Morgan fingerprint density at radius 3 is 2.11 bits per heavy atom. The maximum atomic E-state index is 12.7. The lowest BCUT2D eigenvalue weighted by molar-refractivity contribution is -0.137. The molecule has 5 nitrogen and oxygen atoms in total. The minimum absolute atomic E-state index is 0.0115. The number of rotatable bonds is 5. The van der Waals surface area contributed by atoms with Crippen LogP contribution in [0, 0.1) is 0 Å². The van der Waals surface area contributed by atoms with E-state index in [9.17, 15) is 22.8 Å². The maximum absolute atomic E-state index is 12.7. The third kappa shape index (κ3) is 5.25. The highest BCUT2D eigenvalue weighted by Crippen LogP contribution is 2.30. The van der Waals surface area contributed by atoms with Gasteiger partial charge in [0.25, 0.3) is 0 Å². The SMILES string of the molecule is O=C(CC(=O)Nc1cccc(C(F)(F)F)c1)Nc1ccc(N2CCCC2)cc1. The molecule has 2 N–H and O–H groups in total. The van der Waals surface area contributed by atoms with E-state index in [-0.39, 0.29) is 5.69 Å². The van der Waals surface area contributed by atoms with E-state index in [1.54, 1.807) is 12.1 Å². The van der Waals surface area contributed by atoms with Crippen LogP contribution in [0.1, 0.15) is 24.8 Å². The Kier molecular flexibility index (Phi) is 5.87. The molecular formula is C20H20F3N3O2. The molecule has 148 valence electrons. The van der Waals surface area contributed by atoms with Crippen LogP contribution < -0.4 is 15.5 Å². The molecule has 28 heavy (non-hydrogen) atoms. The number of benzene rings is 2. The summed E-state index contributed by atoms with van der Waals surface area (Å²) in [5.74, 6) is -1.23. The van der Waals surface area contributed by atoms with Crippen molar-refractivity contribution in [2.45, 2.75) is 25.4 Å². The highest BCUT2D eigenvalue weighted by Gasteiger charge is 2.30. The molecule has 1 heterocycles. The first-order valence-corrected chi connectivity index (χ1v) is 8.93. The first-order chi connectivity index (χ1) is 13.3. The van der Waals surface area contributed by atoms with Gasteiger partial charge in [0, 0.05) is 30.2 Å². The van der Waals surface area contributed by atoms with Gasteiger partial charge in [0.1, 0.15) is 6.42 Å². The van der Waals surface area contributed by atoms with Gasteiger partial charge in [0.15, 0.2) is 0 Å². The van der Waals surface area contributed by atoms with Gasteiger partial charge in [-0.2, -0.15) is 13.2 Å². The van der Waals surface area contributed by atoms with Crippen molar-refractivity contribution in [3.8, 4) is 0 Å². The molecule has 1 aliphatic heterocycles. The van der Waals surface area contributed by atoms with Crippen LogP contribution in [-0.4, -0.2) is 24.9 Å². The van der Waals surface area contributed by atoms with Crippen molar-refractivity contribution in [2.24, 2.45) is 0 Å². The Labute approximate surface area is 160 Å². The molecule has 1 aliphatic rings. The van der Waals surface area contributed by atoms with Gasteiger partial charge in [-0.1, -0.05) is 6.07 Å². The van der Waals surface area contributed by atoms with Crippen LogP contribution in [0.25, 0.3) is 0 Å². The van der Waals surface area contributed by atoms with Gasteiger partial charge in [-0.15, -0.1) is 0 Å². The van der Waals surface area contributed by atoms with Gasteiger partial charge in [0.05, 0.1) is 5.56 Å². The summed E-state index contributed by atoms with van der Waals surface area (Å²) in [5, 5.41) is 4.92. The maximum Gasteiger partial charge on any atom is 0.416 e. The molecule has 0 spiro atoms. The number of amides is 2. The largest absolute Gasteiger partial charge is 0.416 e. The normalized spacial score (nSPS) is 14.0. The van der Waals surface area contributed by atoms with Crippen LogP contribution in [0.4, 0.5) is 30.2 Å². The third-order valence-electron chi connectivity index (χ3n) is 4.42. The van der Waals surface area contributed by atoms with E-state index in [1.807, 2.05) is 12.1 Å². The second kappa shape index (κ2) is 8.33. The average molecular weight is 391 g/mol. The Bertz CT molecular complexity index is 845. The van der Waals surface area contributed by atoms with E-state index >= 15 is 0 Å². The summed E-state index contributed by atoms with van der Waals surface area (Å²) < 4.78 is 38.1. The van der Waals surface area contributed by atoms with Crippen LogP contribution in [0.2, 0.25) is 0 Å². The standard InChI is InChI=1S/C20H20F3N3O2/c21-20(22,23)14-4-3-5-16(12-14)25-19(28)13-18(27)24-15-6-8-17(9-7-15)26-10-1-2-11-26/h3-9,12H,1-2,10-11,13H2,(H,24,27)(H,25,28). The van der Waals surface area contributed by atoms with Gasteiger partial charge in [-0.05, 0) is 55.3 Å². The van der Waals surface area contributed by atoms with Gasteiger partial charge in [-0.3, -0.25) is 9.59 Å². The lowest BCUT2D eigenvalue weighted by Gasteiger charge is -2.17. The number of hydrogen-bond acceptors (Lipinski definition) is 3. The second-order valence-electron chi connectivity index (χ2n) is 6.59. The summed E-state index contributed by atoms with van der Waals surface area (Å²) in [6.45, 7) is 2.03. The number of hydrogen-bond donors (Lipinski definition) is 2. The molecule has 0 aliphatic carbocycles. The van der Waals surface area contributed by atoms with Crippen molar-refractivity contribution in [1.82, 2.24) is 0 Å². The molecule has 0 aromatic heterocycles. The number of anilines is 3. The first-order valence-electron chi connectivity index (χ1n) is 8.93. The van der Waals surface area contributed by atoms with E-state index < -0.39 is 30.0 Å². The molecule has 0 bridgehead atoms. The van der Waals surface area contributed by atoms with E-state index in [0.29, 0.717) is 5.69 Å². The van der Waals surface area contributed by atoms with Crippen LogP contribution in [-0.2, 0) is 15.8 Å². The molecule has 1 saturated heterocycles. The molecule has 0 saturated carbocycles. The van der Waals surface area contributed by atoms with Crippen LogP contribution >= 0.6 is 0 Å². The first kappa shape index (κ1) is 19.7. The molecule has 3 rings (SSSR count). The Morgan fingerprint density at radius 2 is 1.50 bits per heavy atom. The number of carbonyl (C=O) groups is 2. The fourth-order valence-electron chi connectivity index (χ4n) is 3.06. The van der Waals surface area contributed by atoms with Crippen molar-refractivity contribution < 1.29 is 22.8 Å². The molecule has 2 aromatic carbocycles. The smallest absolute Gasteiger partial charge is 0.372 e. The molecule has 0 atom stereocenters. The molecule has 1 fully saturated rings. The zero-order valence-corrected chi connectivity index (χ0v) is 15.1. The van der Waals surface area contributed by atoms with Gasteiger partial charge < -0.3 is 15.5 Å². The Balaban J connectivity index is 1.52. The van der Waals surface area contributed by atoms with E-state index in [2.05, 4.69) is 15.5 Å². The summed E-state index contributed by atoms with van der Waals surface area (Å²) in [6.07, 6.45) is -2.66. The minimum atomic E-state index is -4.50. The van der Waals surface area contributed by atoms with Gasteiger partial charge in [-0.25, -0.2) is 0 Å². The Hall–Kier alpha value is -3.03. The van der Waals surface area contributed by atoms with Crippen LogP contribution in [0.3, 0.4) is 0 Å². The van der Waals surface area contributed by atoms with Crippen molar-refractivity contribution in [3.63, 3.8) is 0 Å². The average Bonchev–Trinajstić information content (AvgIpc) is 3.16. The zero-order valence-electron chi connectivity index (χ0n) is 15.1. The molecular weight excluding hydrogens is 371 g/mol. The summed E-state index contributed by atoms with van der Waals surface area (Å²) in [4.78, 5) is 26.2. The molecule has 8 heteroatoms. The van der Waals surface area contributed by atoms with Crippen LogP contribution in [0.5, 0.6) is 0 Å². The van der Waals surface area contributed by atoms with Crippen molar-refractivity contribution in [1.29, 1.82) is 0 Å². The number of nitrogens with one attached hydrogen (secondary N) is 2. The molecule has 2 aromatic rings. The number of alkyl halides is 3. The number of halogens is 3. The van der Waals surface area contributed by atoms with Crippen molar-refractivity contribution in [3.05, 3.63) is 54.1 Å². The summed E-state index contributed by atoms with van der Waals surface area (Å²) in [7, 11) is 0. The van der Waals surface area contributed by atoms with Gasteiger partial charge in [0.2, 0.25) is 11.8 Å². The quantitative estimate of drug-likeness (QED) is 0.749. The number of carbonyl (C=O) groups excluding carboxylic acids is 2. The summed E-state index contributed by atoms with van der Waals surface area (Å²) in [5.41, 5.74) is 0.757.